The van der Waals surface area contributed by atoms with E-state index < -0.39 is 0 Å². The SMILES string of the molecule is CCc1nc(C)cn1Cc1ccc2c(c1)nc(CNc1ccc(C(=N)N)cc1)n2C.Cl.Cl. The summed E-state index contributed by atoms with van der Waals surface area (Å²) < 4.78 is 4.33. The lowest BCUT2D eigenvalue weighted by molar-refractivity contribution is 0.732. The van der Waals surface area contributed by atoms with Gasteiger partial charge in [-0.2, -0.15) is 0 Å². The van der Waals surface area contributed by atoms with Crippen molar-refractivity contribution < 1.29 is 0 Å². The van der Waals surface area contributed by atoms with Crippen LogP contribution in [0, 0.1) is 12.3 Å². The smallest absolute Gasteiger partial charge is 0.128 e. The van der Waals surface area contributed by atoms with Gasteiger partial charge in [0, 0.05) is 37.5 Å². The second-order valence-corrected chi connectivity index (χ2v) is 7.53. The lowest BCUT2D eigenvalue weighted by atomic mass is 10.2. The maximum atomic E-state index is 7.48. The van der Waals surface area contributed by atoms with Crippen LogP contribution >= 0.6 is 24.8 Å². The number of nitrogens with one attached hydrogen (secondary N) is 2. The van der Waals surface area contributed by atoms with E-state index in [1.54, 1.807) is 0 Å². The van der Waals surface area contributed by atoms with E-state index in [0.29, 0.717) is 6.54 Å². The van der Waals surface area contributed by atoms with Gasteiger partial charge in [-0.1, -0.05) is 13.0 Å². The number of hydrogen-bond donors (Lipinski definition) is 3. The lowest BCUT2D eigenvalue weighted by Crippen LogP contribution is -2.11. The quantitative estimate of drug-likeness (QED) is 0.273. The minimum Gasteiger partial charge on any atom is -0.384 e. The maximum absolute atomic E-state index is 7.48. The molecule has 0 bridgehead atoms. The first-order chi connectivity index (χ1) is 14.4. The molecule has 7 nitrogen and oxygen atoms in total. The molecule has 0 saturated heterocycles. The average Bonchev–Trinajstić information content (AvgIpc) is 3.25. The molecule has 0 spiro atoms. The van der Waals surface area contributed by atoms with Gasteiger partial charge in [0.15, 0.2) is 0 Å². The van der Waals surface area contributed by atoms with Crippen molar-refractivity contribution in [2.45, 2.75) is 33.4 Å². The summed E-state index contributed by atoms with van der Waals surface area (Å²) in [6.45, 7) is 5.57. The molecule has 0 radical (unpaired) electrons. The van der Waals surface area contributed by atoms with Gasteiger partial charge >= 0.3 is 0 Å². The van der Waals surface area contributed by atoms with Crippen molar-refractivity contribution in [1.29, 1.82) is 5.41 Å². The Morgan fingerprint density at radius 1 is 1.06 bits per heavy atom. The van der Waals surface area contributed by atoms with Crippen LogP contribution in [-0.2, 0) is 26.6 Å². The van der Waals surface area contributed by atoms with E-state index in [2.05, 4.69) is 50.8 Å². The van der Waals surface area contributed by atoms with Gasteiger partial charge in [0.2, 0.25) is 0 Å². The Labute approximate surface area is 200 Å². The number of anilines is 1. The summed E-state index contributed by atoms with van der Waals surface area (Å²) in [5.74, 6) is 2.14. The van der Waals surface area contributed by atoms with Crippen molar-refractivity contribution in [2.75, 3.05) is 5.32 Å². The third-order valence-electron chi connectivity index (χ3n) is 5.33. The van der Waals surface area contributed by atoms with Crippen LogP contribution in [-0.4, -0.2) is 24.9 Å². The fraction of sp³-hybridized carbons (Fsp3) is 0.261. The molecule has 0 aliphatic carbocycles. The summed E-state index contributed by atoms with van der Waals surface area (Å²) in [4.78, 5) is 9.43. The molecule has 170 valence electrons. The zero-order valence-corrected chi connectivity index (χ0v) is 20.1. The average molecular weight is 474 g/mol. The Balaban J connectivity index is 0.00000181. The third-order valence-corrected chi connectivity index (χ3v) is 5.33. The third kappa shape index (κ3) is 5.23. The molecule has 0 atom stereocenters. The largest absolute Gasteiger partial charge is 0.384 e. The number of halogens is 2. The first kappa shape index (κ1) is 25.2. The van der Waals surface area contributed by atoms with E-state index in [1.165, 1.54) is 5.56 Å². The normalized spacial score (nSPS) is 10.5. The number of amidine groups is 1. The van der Waals surface area contributed by atoms with Crippen molar-refractivity contribution >= 4 is 47.4 Å². The molecular weight excluding hydrogens is 445 g/mol. The van der Waals surface area contributed by atoms with Crippen molar-refractivity contribution in [2.24, 2.45) is 12.8 Å². The van der Waals surface area contributed by atoms with Crippen LogP contribution in [0.15, 0.2) is 48.7 Å². The van der Waals surface area contributed by atoms with E-state index in [0.717, 1.165) is 52.6 Å². The van der Waals surface area contributed by atoms with Crippen LogP contribution in [0.5, 0.6) is 0 Å². The van der Waals surface area contributed by atoms with Crippen molar-refractivity contribution in [3.05, 3.63) is 77.1 Å². The molecule has 4 N–H and O–H groups in total. The maximum Gasteiger partial charge on any atom is 0.128 e. The first-order valence-corrected chi connectivity index (χ1v) is 10.1. The predicted molar refractivity (Wildman–Crippen MR) is 135 cm³/mol. The zero-order valence-electron chi connectivity index (χ0n) is 18.4. The standard InChI is InChI=1S/C23H27N7.2ClH/c1-4-21-27-15(2)13-30(21)14-16-5-10-20-19(11-16)28-22(29(20)3)12-26-18-8-6-17(7-9-18)23(24)25;;/h5-11,13,26H,4,12,14H2,1-3H3,(H3,24,25);2*1H. The summed E-state index contributed by atoms with van der Waals surface area (Å²) in [6, 6.07) is 14.0. The molecule has 0 saturated carbocycles. The highest BCUT2D eigenvalue weighted by molar-refractivity contribution is 5.95. The number of nitrogens with two attached hydrogens (primary N) is 1. The van der Waals surface area contributed by atoms with Gasteiger partial charge in [0.25, 0.3) is 0 Å². The summed E-state index contributed by atoms with van der Waals surface area (Å²) in [6.07, 6.45) is 3.02. The number of fused-ring (bicyclic) bond motifs is 1. The molecule has 2 aromatic heterocycles. The van der Waals surface area contributed by atoms with Crippen molar-refractivity contribution in [3.63, 3.8) is 0 Å². The summed E-state index contributed by atoms with van der Waals surface area (Å²) >= 11 is 0. The Bertz CT molecular complexity index is 1210. The number of aryl methyl sites for hydroxylation is 3. The van der Waals surface area contributed by atoms with Crippen LogP contribution in [0.4, 0.5) is 5.69 Å². The van der Waals surface area contributed by atoms with Crippen molar-refractivity contribution in [3.8, 4) is 0 Å². The molecule has 2 aromatic carbocycles. The molecule has 0 aliphatic heterocycles. The molecular formula is C23H29Cl2N7. The van der Waals surface area contributed by atoms with E-state index in [9.17, 15) is 0 Å². The van der Waals surface area contributed by atoms with Gasteiger partial charge in [-0.05, 0) is 48.9 Å². The van der Waals surface area contributed by atoms with Crippen LogP contribution in [0.2, 0.25) is 0 Å². The van der Waals surface area contributed by atoms with Gasteiger partial charge in [-0.15, -0.1) is 24.8 Å². The van der Waals surface area contributed by atoms with Gasteiger partial charge in [-0.25, -0.2) is 9.97 Å². The Morgan fingerprint density at radius 3 is 2.44 bits per heavy atom. The number of nitrogen functional groups attached to an aromatic ring is 1. The summed E-state index contributed by atoms with van der Waals surface area (Å²) in [5, 5.41) is 10.9. The van der Waals surface area contributed by atoms with E-state index in [4.69, 9.17) is 16.1 Å². The topological polar surface area (TPSA) is 97.5 Å². The van der Waals surface area contributed by atoms with Crippen LogP contribution in [0.3, 0.4) is 0 Å². The number of rotatable bonds is 7. The summed E-state index contributed by atoms with van der Waals surface area (Å²) in [5.41, 5.74) is 11.6. The molecule has 0 amide bonds. The van der Waals surface area contributed by atoms with E-state index in [-0.39, 0.29) is 30.6 Å². The minimum absolute atomic E-state index is 0. The highest BCUT2D eigenvalue weighted by Crippen LogP contribution is 2.19. The van der Waals surface area contributed by atoms with Gasteiger partial charge in [0.05, 0.1) is 23.3 Å². The highest BCUT2D eigenvalue weighted by Gasteiger charge is 2.10. The highest BCUT2D eigenvalue weighted by atomic mass is 35.5. The van der Waals surface area contributed by atoms with Crippen LogP contribution in [0.1, 0.15) is 35.4 Å². The number of nitrogens with zero attached hydrogens (tertiary/aromatic N) is 4. The molecule has 32 heavy (non-hydrogen) atoms. The number of hydrogen-bond acceptors (Lipinski definition) is 4. The lowest BCUT2D eigenvalue weighted by Gasteiger charge is -2.08. The molecule has 0 unspecified atom stereocenters. The molecule has 4 aromatic rings. The molecule has 0 fully saturated rings. The molecule has 0 aliphatic rings. The van der Waals surface area contributed by atoms with Gasteiger partial charge in [0.1, 0.15) is 17.5 Å². The monoisotopic (exact) mass is 473 g/mol. The van der Waals surface area contributed by atoms with Crippen LogP contribution < -0.4 is 11.1 Å². The summed E-state index contributed by atoms with van der Waals surface area (Å²) in [7, 11) is 2.04. The van der Waals surface area contributed by atoms with E-state index >= 15 is 0 Å². The molecule has 2 heterocycles. The zero-order chi connectivity index (χ0) is 21.3. The minimum atomic E-state index is 0. The van der Waals surface area contributed by atoms with Gasteiger partial charge in [-0.3, -0.25) is 5.41 Å². The number of aromatic nitrogens is 4. The van der Waals surface area contributed by atoms with Crippen molar-refractivity contribution in [1.82, 2.24) is 19.1 Å². The first-order valence-electron chi connectivity index (χ1n) is 10.1. The Morgan fingerprint density at radius 2 is 1.78 bits per heavy atom. The Hall–Kier alpha value is -3.03. The number of benzene rings is 2. The second-order valence-electron chi connectivity index (χ2n) is 7.53. The predicted octanol–water partition coefficient (Wildman–Crippen LogP) is 4.43. The fourth-order valence-electron chi connectivity index (χ4n) is 3.71. The fourth-order valence-corrected chi connectivity index (χ4v) is 3.71. The number of imidazole rings is 2. The van der Waals surface area contributed by atoms with Gasteiger partial charge < -0.3 is 20.2 Å². The Kier molecular flexibility index (Phi) is 8.30. The van der Waals surface area contributed by atoms with E-state index in [1.807, 2.05) is 38.2 Å². The molecule has 9 heteroatoms. The van der Waals surface area contributed by atoms with Crippen LogP contribution in [0.25, 0.3) is 11.0 Å². The second kappa shape index (κ2) is 10.5. The molecule has 4 rings (SSSR count).